The number of nitrogens with zero attached hydrogens (tertiary/aromatic N) is 1. The van der Waals surface area contributed by atoms with Crippen LogP contribution in [0.4, 0.5) is 0 Å². The molecule has 3 unspecified atom stereocenters. The third kappa shape index (κ3) is 5.19. The summed E-state index contributed by atoms with van der Waals surface area (Å²) in [5.74, 6) is -1.63. The van der Waals surface area contributed by atoms with E-state index in [0.717, 1.165) is 6.42 Å². The van der Waals surface area contributed by atoms with E-state index >= 15 is 0 Å². The standard InChI is InChI=1S/C17H31N3O4/c1-5-11(4)13(18)16(22)20-8-6-12(7-9-20)15(21)19-14(10(2)3)17(23)24/h10-14H,5-9,18H2,1-4H3,(H,19,21)(H,23,24). The van der Waals surface area contributed by atoms with Crippen LogP contribution in [0, 0.1) is 17.8 Å². The van der Waals surface area contributed by atoms with Crippen molar-refractivity contribution in [3.63, 3.8) is 0 Å². The molecule has 4 N–H and O–H groups in total. The van der Waals surface area contributed by atoms with Crippen molar-refractivity contribution in [3.8, 4) is 0 Å². The van der Waals surface area contributed by atoms with E-state index in [1.165, 1.54) is 0 Å². The van der Waals surface area contributed by atoms with E-state index in [2.05, 4.69) is 5.32 Å². The summed E-state index contributed by atoms with van der Waals surface area (Å²) < 4.78 is 0. The molecule has 0 bridgehead atoms. The molecule has 0 saturated carbocycles. The summed E-state index contributed by atoms with van der Waals surface area (Å²) in [7, 11) is 0. The highest BCUT2D eigenvalue weighted by molar-refractivity contribution is 5.86. The van der Waals surface area contributed by atoms with E-state index in [4.69, 9.17) is 10.8 Å². The van der Waals surface area contributed by atoms with Crippen molar-refractivity contribution in [2.24, 2.45) is 23.5 Å². The number of likely N-dealkylation sites (tertiary alicyclic amines) is 1. The quantitative estimate of drug-likeness (QED) is 0.635. The Hall–Kier alpha value is -1.63. The number of carbonyl (C=O) groups is 3. The maximum Gasteiger partial charge on any atom is 0.326 e. The van der Waals surface area contributed by atoms with Crippen molar-refractivity contribution in [1.82, 2.24) is 10.2 Å². The van der Waals surface area contributed by atoms with Crippen LogP contribution in [-0.4, -0.2) is 53.0 Å². The van der Waals surface area contributed by atoms with Crippen LogP contribution in [-0.2, 0) is 14.4 Å². The van der Waals surface area contributed by atoms with Gasteiger partial charge in [0, 0.05) is 19.0 Å². The highest BCUT2D eigenvalue weighted by Crippen LogP contribution is 2.20. The number of carboxylic acids is 1. The van der Waals surface area contributed by atoms with Crippen LogP contribution < -0.4 is 11.1 Å². The smallest absolute Gasteiger partial charge is 0.326 e. The zero-order valence-corrected chi connectivity index (χ0v) is 15.1. The zero-order valence-electron chi connectivity index (χ0n) is 15.1. The number of hydrogen-bond donors (Lipinski definition) is 3. The van der Waals surface area contributed by atoms with E-state index in [0.29, 0.717) is 25.9 Å². The monoisotopic (exact) mass is 341 g/mol. The lowest BCUT2D eigenvalue weighted by Gasteiger charge is -2.34. The molecule has 2 amide bonds. The van der Waals surface area contributed by atoms with Crippen LogP contribution in [0.3, 0.4) is 0 Å². The minimum absolute atomic E-state index is 0.0613. The summed E-state index contributed by atoms with van der Waals surface area (Å²) in [5, 5.41) is 11.8. The molecule has 24 heavy (non-hydrogen) atoms. The molecule has 3 atom stereocenters. The Morgan fingerprint density at radius 2 is 1.75 bits per heavy atom. The van der Waals surface area contributed by atoms with Gasteiger partial charge in [0.2, 0.25) is 11.8 Å². The predicted molar refractivity (Wildman–Crippen MR) is 91.1 cm³/mol. The van der Waals surface area contributed by atoms with E-state index in [9.17, 15) is 14.4 Å². The molecule has 0 aromatic carbocycles. The second kappa shape index (κ2) is 9.01. The van der Waals surface area contributed by atoms with Gasteiger partial charge in [0.1, 0.15) is 6.04 Å². The molecule has 1 rings (SSSR count). The minimum atomic E-state index is -1.02. The molecule has 0 aromatic rings. The molecule has 1 aliphatic heterocycles. The Morgan fingerprint density at radius 3 is 2.17 bits per heavy atom. The van der Waals surface area contributed by atoms with E-state index in [1.54, 1.807) is 18.7 Å². The third-order valence-electron chi connectivity index (χ3n) is 4.95. The maximum atomic E-state index is 12.4. The Labute approximate surface area is 144 Å². The number of piperidine rings is 1. The van der Waals surface area contributed by atoms with Gasteiger partial charge in [-0.2, -0.15) is 0 Å². The molecule has 0 spiro atoms. The fourth-order valence-electron chi connectivity index (χ4n) is 2.85. The van der Waals surface area contributed by atoms with Crippen LogP contribution >= 0.6 is 0 Å². The van der Waals surface area contributed by atoms with Gasteiger partial charge < -0.3 is 21.1 Å². The van der Waals surface area contributed by atoms with Crippen LogP contribution in [0.2, 0.25) is 0 Å². The van der Waals surface area contributed by atoms with Gasteiger partial charge in [-0.1, -0.05) is 34.1 Å². The first-order valence-electron chi connectivity index (χ1n) is 8.76. The van der Waals surface area contributed by atoms with Gasteiger partial charge in [-0.3, -0.25) is 9.59 Å². The Bertz CT molecular complexity index is 459. The van der Waals surface area contributed by atoms with E-state index in [1.807, 2.05) is 13.8 Å². The Morgan fingerprint density at radius 1 is 1.21 bits per heavy atom. The van der Waals surface area contributed by atoms with Crippen molar-refractivity contribution in [1.29, 1.82) is 0 Å². The molecule has 1 fully saturated rings. The van der Waals surface area contributed by atoms with Crippen molar-refractivity contribution in [3.05, 3.63) is 0 Å². The summed E-state index contributed by atoms with van der Waals surface area (Å²) in [6, 6.07) is -1.38. The lowest BCUT2D eigenvalue weighted by Crippen LogP contribution is -2.52. The van der Waals surface area contributed by atoms with Crippen LogP contribution in [0.5, 0.6) is 0 Å². The number of amides is 2. The number of carbonyl (C=O) groups excluding carboxylic acids is 2. The summed E-state index contributed by atoms with van der Waals surface area (Å²) in [4.78, 5) is 37.5. The van der Waals surface area contributed by atoms with Crippen LogP contribution in [0.15, 0.2) is 0 Å². The summed E-state index contributed by atoms with van der Waals surface area (Å²) in [6.07, 6.45) is 1.92. The number of nitrogens with two attached hydrogens (primary N) is 1. The van der Waals surface area contributed by atoms with Crippen molar-refractivity contribution >= 4 is 17.8 Å². The third-order valence-corrected chi connectivity index (χ3v) is 4.95. The topological polar surface area (TPSA) is 113 Å². The first-order valence-corrected chi connectivity index (χ1v) is 8.76. The molecule has 0 radical (unpaired) electrons. The summed E-state index contributed by atoms with van der Waals surface area (Å²) in [5.41, 5.74) is 5.99. The number of aliphatic carboxylic acids is 1. The maximum absolute atomic E-state index is 12.4. The van der Waals surface area contributed by atoms with E-state index < -0.39 is 18.1 Å². The Balaban J connectivity index is 2.54. The average Bonchev–Trinajstić information content (AvgIpc) is 2.56. The summed E-state index contributed by atoms with van der Waals surface area (Å²) in [6.45, 7) is 8.46. The first kappa shape index (κ1) is 20.4. The van der Waals surface area contributed by atoms with Gasteiger partial charge >= 0.3 is 5.97 Å². The first-order chi connectivity index (χ1) is 11.2. The number of rotatable bonds is 7. The fraction of sp³-hybridized carbons (Fsp3) is 0.824. The molecule has 0 aliphatic carbocycles. The van der Waals surface area contributed by atoms with Gasteiger partial charge in [-0.05, 0) is 24.7 Å². The largest absolute Gasteiger partial charge is 0.480 e. The van der Waals surface area contributed by atoms with E-state index in [-0.39, 0.29) is 29.6 Å². The van der Waals surface area contributed by atoms with Crippen molar-refractivity contribution < 1.29 is 19.5 Å². The summed E-state index contributed by atoms with van der Waals surface area (Å²) >= 11 is 0. The fourth-order valence-corrected chi connectivity index (χ4v) is 2.85. The molecule has 7 nitrogen and oxygen atoms in total. The SMILES string of the molecule is CCC(C)C(N)C(=O)N1CCC(C(=O)NC(C(=O)O)C(C)C)CC1. The molecular formula is C17H31N3O4. The molecule has 1 aliphatic rings. The van der Waals surface area contributed by atoms with Gasteiger partial charge in [0.25, 0.3) is 0 Å². The Kier molecular flexibility index (Phi) is 7.66. The normalized spacial score (nSPS) is 19.7. The van der Waals surface area contributed by atoms with Crippen molar-refractivity contribution in [2.45, 2.75) is 59.0 Å². The molecule has 1 saturated heterocycles. The highest BCUT2D eigenvalue weighted by atomic mass is 16.4. The number of nitrogens with one attached hydrogen (secondary N) is 1. The zero-order chi connectivity index (χ0) is 18.4. The molecule has 138 valence electrons. The van der Waals surface area contributed by atoms with Gasteiger partial charge in [0.05, 0.1) is 6.04 Å². The van der Waals surface area contributed by atoms with Crippen LogP contribution in [0.25, 0.3) is 0 Å². The number of carboxylic acid groups (broad SMARTS) is 1. The second-order valence-electron chi connectivity index (χ2n) is 7.08. The average molecular weight is 341 g/mol. The van der Waals surface area contributed by atoms with Crippen LogP contribution in [0.1, 0.15) is 47.0 Å². The second-order valence-corrected chi connectivity index (χ2v) is 7.08. The minimum Gasteiger partial charge on any atom is -0.480 e. The molecule has 1 heterocycles. The van der Waals surface area contributed by atoms with Gasteiger partial charge in [0.15, 0.2) is 0 Å². The highest BCUT2D eigenvalue weighted by Gasteiger charge is 2.33. The lowest BCUT2D eigenvalue weighted by molar-refractivity contribution is -0.144. The molecule has 7 heteroatoms. The van der Waals surface area contributed by atoms with Gasteiger partial charge in [-0.15, -0.1) is 0 Å². The molecule has 0 aromatic heterocycles. The lowest BCUT2D eigenvalue weighted by atomic mass is 9.93. The molecular weight excluding hydrogens is 310 g/mol. The van der Waals surface area contributed by atoms with Gasteiger partial charge in [-0.25, -0.2) is 4.79 Å². The van der Waals surface area contributed by atoms with Crippen molar-refractivity contribution in [2.75, 3.05) is 13.1 Å². The number of hydrogen-bond acceptors (Lipinski definition) is 4. The predicted octanol–water partition coefficient (Wildman–Crippen LogP) is 0.824.